The summed E-state index contributed by atoms with van der Waals surface area (Å²) in [6, 6.07) is 0. The maximum atomic E-state index is 11.3. The maximum absolute atomic E-state index is 11.3. The van der Waals surface area contributed by atoms with Crippen LogP contribution in [0.25, 0.3) is 0 Å². The summed E-state index contributed by atoms with van der Waals surface area (Å²) in [6.45, 7) is 6.98. The molecule has 0 aromatic rings. The highest BCUT2D eigenvalue weighted by molar-refractivity contribution is 7.91. The average Bonchev–Trinajstić information content (AvgIpc) is 2.56. The zero-order valence-corrected chi connectivity index (χ0v) is 10.1. The van der Waals surface area contributed by atoms with Crippen LogP contribution in [0.4, 0.5) is 0 Å². The van der Waals surface area contributed by atoms with E-state index in [-0.39, 0.29) is 0 Å². The largest absolute Gasteiger partial charge is 0.316 e. The summed E-state index contributed by atoms with van der Waals surface area (Å²) in [5, 5.41) is 3.38. The van der Waals surface area contributed by atoms with Gasteiger partial charge in [0.2, 0.25) is 0 Å². The van der Waals surface area contributed by atoms with Gasteiger partial charge in [0, 0.05) is 19.6 Å². The van der Waals surface area contributed by atoms with E-state index in [0.29, 0.717) is 17.4 Å². The van der Waals surface area contributed by atoms with Crippen molar-refractivity contribution in [2.75, 3.05) is 44.2 Å². The first kappa shape index (κ1) is 11.4. The Balaban J connectivity index is 1.81. The van der Waals surface area contributed by atoms with Gasteiger partial charge in [0.1, 0.15) is 0 Å². The van der Waals surface area contributed by atoms with Gasteiger partial charge in [-0.15, -0.1) is 0 Å². The molecule has 2 heterocycles. The Hall–Kier alpha value is -0.130. The molecule has 2 rings (SSSR count). The van der Waals surface area contributed by atoms with Crippen LogP contribution in [0, 0.1) is 11.8 Å². The molecule has 15 heavy (non-hydrogen) atoms. The van der Waals surface area contributed by atoms with Gasteiger partial charge in [-0.3, -0.25) is 0 Å². The molecule has 2 aliphatic heterocycles. The van der Waals surface area contributed by atoms with Crippen LogP contribution < -0.4 is 5.32 Å². The van der Waals surface area contributed by atoms with Crippen LogP contribution in [0.5, 0.6) is 0 Å². The number of hydrogen-bond acceptors (Lipinski definition) is 4. The normalized spacial score (nSPS) is 36.9. The smallest absolute Gasteiger partial charge is 0.152 e. The highest BCUT2D eigenvalue weighted by Crippen LogP contribution is 2.18. The number of hydrogen-bond donors (Lipinski definition) is 1. The van der Waals surface area contributed by atoms with Gasteiger partial charge in [0.05, 0.1) is 11.5 Å². The lowest BCUT2D eigenvalue weighted by molar-refractivity contribution is 0.233. The van der Waals surface area contributed by atoms with E-state index >= 15 is 0 Å². The van der Waals surface area contributed by atoms with E-state index in [1.165, 1.54) is 0 Å². The van der Waals surface area contributed by atoms with Gasteiger partial charge in [0.25, 0.3) is 0 Å². The van der Waals surface area contributed by atoms with Crippen LogP contribution in [0.2, 0.25) is 0 Å². The van der Waals surface area contributed by atoms with E-state index in [1.807, 2.05) is 0 Å². The van der Waals surface area contributed by atoms with Gasteiger partial charge in [-0.05, 0) is 24.9 Å². The highest BCUT2D eigenvalue weighted by atomic mass is 32.2. The second-order valence-electron chi connectivity index (χ2n) is 4.85. The molecule has 0 amide bonds. The molecule has 2 atom stereocenters. The van der Waals surface area contributed by atoms with Crippen molar-refractivity contribution in [3.8, 4) is 0 Å². The topological polar surface area (TPSA) is 49.4 Å². The fourth-order valence-corrected chi connectivity index (χ4v) is 3.65. The summed E-state index contributed by atoms with van der Waals surface area (Å²) in [5.41, 5.74) is 0. The van der Waals surface area contributed by atoms with Crippen LogP contribution in [0.1, 0.15) is 6.92 Å². The average molecular weight is 232 g/mol. The first-order valence-electron chi connectivity index (χ1n) is 5.70. The van der Waals surface area contributed by atoms with E-state index in [4.69, 9.17) is 0 Å². The van der Waals surface area contributed by atoms with Crippen molar-refractivity contribution in [3.63, 3.8) is 0 Å². The summed E-state index contributed by atoms with van der Waals surface area (Å²) in [7, 11) is -2.72. The Morgan fingerprint density at radius 2 is 1.93 bits per heavy atom. The van der Waals surface area contributed by atoms with Crippen LogP contribution in [-0.4, -0.2) is 57.5 Å². The van der Waals surface area contributed by atoms with Gasteiger partial charge >= 0.3 is 0 Å². The van der Waals surface area contributed by atoms with Crippen LogP contribution in [-0.2, 0) is 9.84 Å². The predicted octanol–water partition coefficient (Wildman–Crippen LogP) is -0.428. The minimum Gasteiger partial charge on any atom is -0.316 e. The molecule has 2 fully saturated rings. The SMILES string of the molecule is C[C@@H]1CNC[C@H]1CN1CCS(=O)(=O)CC1. The third kappa shape index (κ3) is 2.92. The second kappa shape index (κ2) is 4.39. The van der Waals surface area contributed by atoms with Crippen molar-refractivity contribution in [1.29, 1.82) is 0 Å². The molecule has 0 bridgehead atoms. The summed E-state index contributed by atoms with van der Waals surface area (Å²) >= 11 is 0. The fourth-order valence-electron chi connectivity index (χ4n) is 2.37. The molecule has 0 spiro atoms. The van der Waals surface area contributed by atoms with Gasteiger partial charge in [-0.25, -0.2) is 8.42 Å². The Kier molecular flexibility index (Phi) is 3.33. The molecule has 0 aliphatic carbocycles. The molecule has 0 unspecified atom stereocenters. The molecule has 0 aromatic heterocycles. The fraction of sp³-hybridized carbons (Fsp3) is 1.00. The van der Waals surface area contributed by atoms with Crippen molar-refractivity contribution >= 4 is 9.84 Å². The van der Waals surface area contributed by atoms with Crippen molar-refractivity contribution in [3.05, 3.63) is 0 Å². The molecular weight excluding hydrogens is 212 g/mol. The summed E-state index contributed by atoms with van der Waals surface area (Å²) in [4.78, 5) is 2.30. The van der Waals surface area contributed by atoms with Gasteiger partial charge < -0.3 is 10.2 Å². The second-order valence-corrected chi connectivity index (χ2v) is 7.15. The third-order valence-corrected chi connectivity index (χ3v) is 5.22. The molecule has 0 saturated carbocycles. The van der Waals surface area contributed by atoms with Crippen molar-refractivity contribution in [2.45, 2.75) is 6.92 Å². The van der Waals surface area contributed by atoms with Crippen molar-refractivity contribution in [1.82, 2.24) is 10.2 Å². The molecular formula is C10H20N2O2S. The molecule has 2 aliphatic rings. The molecule has 5 heteroatoms. The Morgan fingerprint density at radius 1 is 1.27 bits per heavy atom. The lowest BCUT2D eigenvalue weighted by Crippen LogP contribution is -2.43. The minimum atomic E-state index is -2.72. The number of sulfone groups is 1. The highest BCUT2D eigenvalue weighted by Gasteiger charge is 2.28. The van der Waals surface area contributed by atoms with Crippen LogP contribution in [0.15, 0.2) is 0 Å². The van der Waals surface area contributed by atoms with E-state index in [9.17, 15) is 8.42 Å². The molecule has 0 radical (unpaired) electrons. The first-order chi connectivity index (χ1) is 7.07. The van der Waals surface area contributed by atoms with Crippen LogP contribution >= 0.6 is 0 Å². The Bertz CT molecular complexity index is 301. The quantitative estimate of drug-likeness (QED) is 0.702. The lowest BCUT2D eigenvalue weighted by atomic mass is 9.97. The third-order valence-electron chi connectivity index (χ3n) is 3.61. The first-order valence-corrected chi connectivity index (χ1v) is 7.52. The monoisotopic (exact) mass is 232 g/mol. The van der Waals surface area contributed by atoms with Crippen LogP contribution in [0.3, 0.4) is 0 Å². The molecule has 0 aromatic carbocycles. The minimum absolute atomic E-state index is 0.349. The van der Waals surface area contributed by atoms with E-state index < -0.39 is 9.84 Å². The van der Waals surface area contributed by atoms with E-state index in [0.717, 1.165) is 38.6 Å². The van der Waals surface area contributed by atoms with Gasteiger partial charge in [-0.1, -0.05) is 6.92 Å². The molecule has 2 saturated heterocycles. The maximum Gasteiger partial charge on any atom is 0.152 e. The summed E-state index contributed by atoms with van der Waals surface area (Å²) in [5.74, 6) is 2.12. The van der Waals surface area contributed by atoms with Crippen molar-refractivity contribution < 1.29 is 8.42 Å². The number of nitrogens with one attached hydrogen (secondary N) is 1. The number of rotatable bonds is 2. The molecule has 88 valence electrons. The zero-order chi connectivity index (χ0) is 10.9. The zero-order valence-electron chi connectivity index (χ0n) is 9.28. The Labute approximate surface area is 91.9 Å². The van der Waals surface area contributed by atoms with E-state index in [2.05, 4.69) is 17.1 Å². The Morgan fingerprint density at radius 3 is 2.47 bits per heavy atom. The summed E-state index contributed by atoms with van der Waals surface area (Å²) in [6.07, 6.45) is 0. The van der Waals surface area contributed by atoms with Crippen molar-refractivity contribution in [2.24, 2.45) is 11.8 Å². The number of nitrogens with zero attached hydrogens (tertiary/aromatic N) is 1. The van der Waals surface area contributed by atoms with E-state index in [1.54, 1.807) is 0 Å². The predicted molar refractivity (Wildman–Crippen MR) is 60.6 cm³/mol. The summed E-state index contributed by atoms with van der Waals surface area (Å²) < 4.78 is 22.5. The standard InChI is InChI=1S/C10H20N2O2S/c1-9-6-11-7-10(9)8-12-2-4-15(13,14)5-3-12/h9-11H,2-8H2,1H3/t9-,10+/m1/s1. The lowest BCUT2D eigenvalue weighted by Gasteiger charge is -2.29. The van der Waals surface area contributed by atoms with Gasteiger partial charge in [-0.2, -0.15) is 0 Å². The van der Waals surface area contributed by atoms with Gasteiger partial charge in [0.15, 0.2) is 9.84 Å². The molecule has 1 N–H and O–H groups in total. The molecule has 4 nitrogen and oxygen atoms in total.